The molecule has 0 aliphatic carbocycles. The average Bonchev–Trinajstić information content (AvgIpc) is 3.06. The standard InChI is InChI=1S/C22H24N2O4/c1-14-6-5-7-17(10-14)22-24-18(15(2)28-22)12-21(25)23-13-16-8-9-19(26-3)20(11-16)27-4/h5-11H,12-13H2,1-4H3,(H,23,25). The Labute approximate surface area is 164 Å². The molecule has 0 saturated heterocycles. The second-order valence-electron chi connectivity index (χ2n) is 6.53. The van der Waals surface area contributed by atoms with Gasteiger partial charge < -0.3 is 19.2 Å². The lowest BCUT2D eigenvalue weighted by Crippen LogP contribution is -2.25. The molecule has 6 heteroatoms. The Kier molecular flexibility index (Phi) is 5.99. The first-order valence-electron chi connectivity index (χ1n) is 9.01. The third-order valence-corrected chi connectivity index (χ3v) is 4.42. The molecule has 0 bridgehead atoms. The van der Waals surface area contributed by atoms with E-state index < -0.39 is 0 Å². The van der Waals surface area contributed by atoms with Crippen molar-refractivity contribution < 1.29 is 18.7 Å². The van der Waals surface area contributed by atoms with Crippen LogP contribution in [0.4, 0.5) is 0 Å². The molecule has 3 rings (SSSR count). The first-order chi connectivity index (χ1) is 13.5. The Morgan fingerprint density at radius 3 is 2.57 bits per heavy atom. The predicted octanol–water partition coefficient (Wildman–Crippen LogP) is 3.83. The number of ether oxygens (including phenoxy) is 2. The van der Waals surface area contributed by atoms with Gasteiger partial charge in [-0.1, -0.05) is 23.8 Å². The van der Waals surface area contributed by atoms with Crippen LogP contribution in [0, 0.1) is 13.8 Å². The summed E-state index contributed by atoms with van der Waals surface area (Å²) >= 11 is 0. The fourth-order valence-corrected chi connectivity index (χ4v) is 2.90. The molecule has 0 aliphatic heterocycles. The number of amides is 1. The van der Waals surface area contributed by atoms with Gasteiger partial charge in [-0.3, -0.25) is 4.79 Å². The van der Waals surface area contributed by atoms with Crippen molar-refractivity contribution in [2.24, 2.45) is 0 Å². The number of methoxy groups -OCH3 is 2. The molecule has 0 atom stereocenters. The predicted molar refractivity (Wildman–Crippen MR) is 107 cm³/mol. The molecule has 0 spiro atoms. The minimum atomic E-state index is -0.123. The van der Waals surface area contributed by atoms with Gasteiger partial charge in [0, 0.05) is 12.1 Å². The highest BCUT2D eigenvalue weighted by Gasteiger charge is 2.15. The molecule has 146 valence electrons. The lowest BCUT2D eigenvalue weighted by Gasteiger charge is -2.10. The van der Waals surface area contributed by atoms with Crippen LogP contribution in [0.5, 0.6) is 11.5 Å². The number of carbonyl (C=O) groups is 1. The maximum Gasteiger partial charge on any atom is 0.226 e. The summed E-state index contributed by atoms with van der Waals surface area (Å²) in [5.74, 6) is 2.34. The molecular formula is C22H24N2O4. The van der Waals surface area contributed by atoms with E-state index in [0.29, 0.717) is 35.4 Å². The maximum atomic E-state index is 12.4. The quantitative estimate of drug-likeness (QED) is 0.674. The molecule has 1 heterocycles. The number of hydrogen-bond donors (Lipinski definition) is 1. The van der Waals surface area contributed by atoms with Gasteiger partial charge in [-0.15, -0.1) is 0 Å². The van der Waals surface area contributed by atoms with Crippen molar-refractivity contribution in [1.29, 1.82) is 0 Å². The molecule has 6 nitrogen and oxygen atoms in total. The molecule has 0 saturated carbocycles. The van der Waals surface area contributed by atoms with Crippen LogP contribution < -0.4 is 14.8 Å². The van der Waals surface area contributed by atoms with Gasteiger partial charge in [0.25, 0.3) is 0 Å². The van der Waals surface area contributed by atoms with E-state index in [-0.39, 0.29) is 12.3 Å². The fraction of sp³-hybridized carbons (Fsp3) is 0.273. The van der Waals surface area contributed by atoms with Crippen LogP contribution in [0.3, 0.4) is 0 Å². The van der Waals surface area contributed by atoms with Crippen LogP contribution in [-0.4, -0.2) is 25.1 Å². The van der Waals surface area contributed by atoms with Gasteiger partial charge in [-0.25, -0.2) is 4.98 Å². The Hall–Kier alpha value is -3.28. The van der Waals surface area contributed by atoms with Gasteiger partial charge >= 0.3 is 0 Å². The molecule has 1 N–H and O–H groups in total. The molecule has 0 aliphatic rings. The smallest absolute Gasteiger partial charge is 0.226 e. The van der Waals surface area contributed by atoms with E-state index in [0.717, 1.165) is 16.7 Å². The Bertz CT molecular complexity index is 978. The van der Waals surface area contributed by atoms with Crippen molar-refractivity contribution in [2.45, 2.75) is 26.8 Å². The van der Waals surface area contributed by atoms with Crippen LogP contribution in [0.2, 0.25) is 0 Å². The summed E-state index contributed by atoms with van der Waals surface area (Å²) in [7, 11) is 3.17. The topological polar surface area (TPSA) is 73.6 Å². The number of carbonyl (C=O) groups excluding carboxylic acids is 1. The number of aromatic nitrogens is 1. The van der Waals surface area contributed by atoms with Gasteiger partial charge in [-0.2, -0.15) is 0 Å². The molecule has 0 unspecified atom stereocenters. The Morgan fingerprint density at radius 2 is 1.86 bits per heavy atom. The molecule has 0 fully saturated rings. The first kappa shape index (κ1) is 19.5. The van der Waals surface area contributed by atoms with E-state index >= 15 is 0 Å². The average molecular weight is 380 g/mol. The third kappa shape index (κ3) is 4.52. The number of benzene rings is 2. The van der Waals surface area contributed by atoms with Crippen LogP contribution in [-0.2, 0) is 17.8 Å². The molecule has 3 aromatic rings. The summed E-state index contributed by atoms with van der Waals surface area (Å²) in [5, 5.41) is 2.90. The number of oxazole rings is 1. The number of nitrogens with zero attached hydrogens (tertiary/aromatic N) is 1. The van der Waals surface area contributed by atoms with E-state index in [1.165, 1.54) is 0 Å². The Balaban J connectivity index is 1.64. The summed E-state index contributed by atoms with van der Waals surface area (Å²) in [5.41, 5.74) is 3.59. The van der Waals surface area contributed by atoms with Crippen molar-refractivity contribution in [1.82, 2.24) is 10.3 Å². The minimum absolute atomic E-state index is 0.123. The van der Waals surface area contributed by atoms with Crippen LogP contribution in [0.25, 0.3) is 11.5 Å². The summed E-state index contributed by atoms with van der Waals surface area (Å²) in [6, 6.07) is 13.5. The van der Waals surface area contributed by atoms with Crippen molar-refractivity contribution in [3.05, 3.63) is 65.0 Å². The Morgan fingerprint density at radius 1 is 1.07 bits per heavy atom. The van der Waals surface area contributed by atoms with Gasteiger partial charge in [0.15, 0.2) is 11.5 Å². The minimum Gasteiger partial charge on any atom is -0.493 e. The van der Waals surface area contributed by atoms with Crippen LogP contribution in [0.15, 0.2) is 46.9 Å². The number of aryl methyl sites for hydroxylation is 2. The van der Waals surface area contributed by atoms with E-state index in [9.17, 15) is 4.79 Å². The fourth-order valence-electron chi connectivity index (χ4n) is 2.90. The zero-order valence-electron chi connectivity index (χ0n) is 16.5. The zero-order chi connectivity index (χ0) is 20.1. The SMILES string of the molecule is COc1ccc(CNC(=O)Cc2nc(-c3cccc(C)c3)oc2C)cc1OC. The lowest BCUT2D eigenvalue weighted by molar-refractivity contribution is -0.120. The van der Waals surface area contributed by atoms with Crippen LogP contribution in [0.1, 0.15) is 22.6 Å². The van der Waals surface area contributed by atoms with Gasteiger partial charge in [-0.05, 0) is 43.7 Å². The maximum absolute atomic E-state index is 12.4. The van der Waals surface area contributed by atoms with Crippen molar-refractivity contribution in [3.63, 3.8) is 0 Å². The zero-order valence-corrected chi connectivity index (χ0v) is 16.5. The van der Waals surface area contributed by atoms with Gasteiger partial charge in [0.2, 0.25) is 11.8 Å². The van der Waals surface area contributed by atoms with Crippen molar-refractivity contribution in [3.8, 4) is 23.0 Å². The number of hydrogen-bond acceptors (Lipinski definition) is 5. The summed E-state index contributed by atoms with van der Waals surface area (Å²) < 4.78 is 16.3. The molecule has 1 amide bonds. The molecule has 2 aromatic carbocycles. The van der Waals surface area contributed by atoms with E-state index in [1.54, 1.807) is 14.2 Å². The monoisotopic (exact) mass is 380 g/mol. The molecule has 0 radical (unpaired) electrons. The highest BCUT2D eigenvalue weighted by atomic mass is 16.5. The van der Waals surface area contributed by atoms with E-state index in [2.05, 4.69) is 10.3 Å². The molecular weight excluding hydrogens is 356 g/mol. The van der Waals surface area contributed by atoms with Crippen molar-refractivity contribution in [2.75, 3.05) is 14.2 Å². The first-order valence-corrected chi connectivity index (χ1v) is 9.01. The number of rotatable bonds is 7. The number of nitrogens with one attached hydrogen (secondary N) is 1. The third-order valence-electron chi connectivity index (χ3n) is 4.42. The van der Waals surface area contributed by atoms with Gasteiger partial charge in [0.1, 0.15) is 5.76 Å². The largest absolute Gasteiger partial charge is 0.493 e. The molecule has 1 aromatic heterocycles. The molecule has 28 heavy (non-hydrogen) atoms. The summed E-state index contributed by atoms with van der Waals surface area (Å²) in [4.78, 5) is 16.9. The normalized spacial score (nSPS) is 10.6. The second-order valence-corrected chi connectivity index (χ2v) is 6.53. The summed E-state index contributed by atoms with van der Waals surface area (Å²) in [6.07, 6.45) is 0.161. The highest BCUT2D eigenvalue weighted by molar-refractivity contribution is 5.78. The highest BCUT2D eigenvalue weighted by Crippen LogP contribution is 2.27. The lowest BCUT2D eigenvalue weighted by atomic mass is 10.1. The van der Waals surface area contributed by atoms with Crippen molar-refractivity contribution >= 4 is 5.91 Å². The van der Waals surface area contributed by atoms with Gasteiger partial charge in [0.05, 0.1) is 26.3 Å². The van der Waals surface area contributed by atoms with Crippen LogP contribution >= 0.6 is 0 Å². The van der Waals surface area contributed by atoms with E-state index in [4.69, 9.17) is 13.9 Å². The summed E-state index contributed by atoms with van der Waals surface area (Å²) in [6.45, 7) is 4.23. The van der Waals surface area contributed by atoms with E-state index in [1.807, 2.05) is 56.3 Å². The second kappa shape index (κ2) is 8.61.